The van der Waals surface area contributed by atoms with Crippen molar-refractivity contribution in [2.45, 2.75) is 43.2 Å². The van der Waals surface area contributed by atoms with E-state index in [1.54, 1.807) is 22.9 Å². The topological polar surface area (TPSA) is 98.5 Å². The van der Waals surface area contributed by atoms with Crippen molar-refractivity contribution in [1.82, 2.24) is 9.78 Å². The molecule has 6 rings (SSSR count). The molecule has 1 aliphatic carbocycles. The summed E-state index contributed by atoms with van der Waals surface area (Å²) in [5.41, 5.74) is 5.25. The number of aromatic nitrogens is 2. The van der Waals surface area contributed by atoms with Gasteiger partial charge in [-0.25, -0.2) is 17.9 Å². The molecule has 1 N–H and O–H groups in total. The molecule has 4 aromatic rings. The predicted octanol–water partition coefficient (Wildman–Crippen LogP) is 6.74. The van der Waals surface area contributed by atoms with Gasteiger partial charge in [-0.05, 0) is 95.7 Å². The minimum atomic E-state index is -3.54. The maximum atomic E-state index is 15.4. The Labute approximate surface area is 243 Å². The fourth-order valence-electron chi connectivity index (χ4n) is 5.74. The van der Waals surface area contributed by atoms with Gasteiger partial charge in [-0.3, -0.25) is 0 Å². The summed E-state index contributed by atoms with van der Waals surface area (Å²) in [5, 5.41) is 13.6. The number of allylic oxidation sites excluding steroid dienone is 1. The van der Waals surface area contributed by atoms with Gasteiger partial charge < -0.3 is 9.84 Å². The van der Waals surface area contributed by atoms with Gasteiger partial charge in [0.1, 0.15) is 0 Å². The van der Waals surface area contributed by atoms with Crippen LogP contribution >= 0.6 is 0 Å². The van der Waals surface area contributed by atoms with E-state index in [1.165, 1.54) is 12.3 Å². The Kier molecular flexibility index (Phi) is 7.55. The van der Waals surface area contributed by atoms with Crippen LogP contribution in [0.3, 0.4) is 0 Å². The molecule has 3 aromatic carbocycles. The lowest BCUT2D eigenvalue weighted by molar-refractivity contribution is -0.131. The summed E-state index contributed by atoms with van der Waals surface area (Å²) < 4.78 is 48.7. The number of nitrogens with zero attached hydrogens (tertiary/aromatic N) is 2. The number of hydrogen-bond donors (Lipinski definition) is 1. The van der Waals surface area contributed by atoms with E-state index in [4.69, 9.17) is 9.84 Å². The van der Waals surface area contributed by atoms with Crippen molar-refractivity contribution in [2.75, 3.05) is 12.9 Å². The van der Waals surface area contributed by atoms with Crippen molar-refractivity contribution in [3.63, 3.8) is 0 Å². The molecule has 2 aliphatic rings. The molecule has 0 spiro atoms. The monoisotopic (exact) mass is 586 g/mol. The highest BCUT2D eigenvalue weighted by molar-refractivity contribution is 7.90. The van der Waals surface area contributed by atoms with E-state index >= 15 is 4.39 Å². The van der Waals surface area contributed by atoms with Crippen LogP contribution in [0.5, 0.6) is 0 Å². The summed E-state index contributed by atoms with van der Waals surface area (Å²) in [6.45, 7) is 0.612. The molecule has 0 bridgehead atoms. The molecular weight excluding hydrogens is 555 g/mol. The number of benzene rings is 3. The minimum absolute atomic E-state index is 0.133. The van der Waals surface area contributed by atoms with E-state index in [-0.39, 0.29) is 17.0 Å². The smallest absolute Gasteiger partial charge is 0.328 e. The summed E-state index contributed by atoms with van der Waals surface area (Å²) in [4.78, 5) is 11.3. The molecule has 1 unspecified atom stereocenters. The van der Waals surface area contributed by atoms with Gasteiger partial charge >= 0.3 is 5.97 Å². The van der Waals surface area contributed by atoms with Gasteiger partial charge in [0.05, 0.1) is 15.8 Å². The Morgan fingerprint density at radius 1 is 1.02 bits per heavy atom. The molecule has 2 heterocycles. The molecule has 42 heavy (non-hydrogen) atoms. The lowest BCUT2D eigenvalue weighted by atomic mass is 9.86. The molecule has 7 nitrogen and oxygen atoms in total. The summed E-state index contributed by atoms with van der Waals surface area (Å²) >= 11 is 0. The Morgan fingerprint density at radius 3 is 2.43 bits per heavy atom. The lowest BCUT2D eigenvalue weighted by Crippen LogP contribution is -2.19. The summed E-state index contributed by atoms with van der Waals surface area (Å²) in [6.07, 6.45) is 8.02. The number of aliphatic carboxylic acids is 1. The van der Waals surface area contributed by atoms with E-state index in [1.807, 2.05) is 48.5 Å². The second-order valence-electron chi connectivity index (χ2n) is 10.9. The maximum Gasteiger partial charge on any atom is 0.328 e. The van der Waals surface area contributed by atoms with Crippen LogP contribution < -0.4 is 0 Å². The summed E-state index contributed by atoms with van der Waals surface area (Å²) in [7, 11) is -3.54. The molecule has 1 aliphatic heterocycles. The zero-order chi connectivity index (χ0) is 29.4. The summed E-state index contributed by atoms with van der Waals surface area (Å²) in [5.74, 6) is -1.49. The van der Waals surface area contributed by atoms with Crippen LogP contribution in [0.4, 0.5) is 4.39 Å². The molecule has 216 valence electrons. The van der Waals surface area contributed by atoms with E-state index in [9.17, 15) is 13.2 Å². The van der Waals surface area contributed by atoms with Crippen molar-refractivity contribution in [3.05, 3.63) is 101 Å². The number of fused-ring (bicyclic) bond motifs is 1. The molecule has 0 radical (unpaired) electrons. The zero-order valence-electron chi connectivity index (χ0n) is 23.2. The molecule has 9 heteroatoms. The lowest BCUT2D eigenvalue weighted by Gasteiger charge is -2.23. The van der Waals surface area contributed by atoms with Gasteiger partial charge in [-0.15, -0.1) is 5.10 Å². The largest absolute Gasteiger partial charge is 0.478 e. The highest BCUT2D eigenvalue weighted by Crippen LogP contribution is 2.49. The van der Waals surface area contributed by atoms with E-state index < -0.39 is 21.8 Å². The first-order valence-electron chi connectivity index (χ1n) is 14.1. The van der Waals surface area contributed by atoms with Crippen molar-refractivity contribution >= 4 is 43.9 Å². The molecule has 2 fully saturated rings. The third kappa shape index (κ3) is 5.67. The average Bonchev–Trinajstić information content (AvgIpc) is 3.77. The Bertz CT molecular complexity index is 1830. The molecule has 1 saturated carbocycles. The standard InChI is InChI=1S/C33H31FN2O5S/c1-42(39,40)28-7-3-2-6-25(28)32(23-14-15-23)31(22-12-9-21(10-13-22)11-18-30(37)38)24-16-17-27-26(20-24)33(34)35-36(27)29-8-4-5-19-41-29/h2-3,6-7,9-13,16-18,20,23,29H,4-5,8,14-15,19H2,1H3,(H,37,38)/b18-11?,32-31+. The van der Waals surface area contributed by atoms with Gasteiger partial charge in [0.2, 0.25) is 5.95 Å². The number of carboxylic acids is 1. The normalized spacial score (nSPS) is 18.4. The van der Waals surface area contributed by atoms with Crippen LogP contribution in [-0.2, 0) is 19.4 Å². The number of sulfone groups is 1. The highest BCUT2D eigenvalue weighted by atomic mass is 32.2. The third-order valence-electron chi connectivity index (χ3n) is 7.83. The van der Waals surface area contributed by atoms with Gasteiger partial charge in [0, 0.05) is 18.9 Å². The predicted molar refractivity (Wildman–Crippen MR) is 160 cm³/mol. The van der Waals surface area contributed by atoms with E-state index in [0.29, 0.717) is 28.6 Å². The number of hydrogen-bond acceptors (Lipinski definition) is 5. The highest BCUT2D eigenvalue weighted by Gasteiger charge is 2.33. The minimum Gasteiger partial charge on any atom is -0.478 e. The molecule has 1 saturated heterocycles. The Balaban J connectivity index is 1.58. The SMILES string of the molecule is CS(=O)(=O)c1ccccc1/C(=C(\c1ccc(C=CC(=O)O)cc1)c1ccc2c(c1)c(F)nn2C1CCCCO1)C1CC1. The molecule has 0 amide bonds. The van der Waals surface area contributed by atoms with Gasteiger partial charge in [0.15, 0.2) is 16.1 Å². The van der Waals surface area contributed by atoms with Crippen molar-refractivity contribution in [1.29, 1.82) is 0 Å². The second kappa shape index (κ2) is 11.3. The fourth-order valence-corrected chi connectivity index (χ4v) is 6.65. The van der Waals surface area contributed by atoms with Crippen LogP contribution in [-0.4, -0.2) is 42.1 Å². The molecule has 1 aromatic heterocycles. The number of rotatable bonds is 8. The Hall–Kier alpha value is -4.08. The number of halogens is 1. The molecule has 1 atom stereocenters. The van der Waals surface area contributed by atoms with Crippen LogP contribution in [0.2, 0.25) is 0 Å². The first kappa shape index (κ1) is 28.1. The summed E-state index contributed by atoms with van der Waals surface area (Å²) in [6, 6.07) is 20.0. The van der Waals surface area contributed by atoms with Gasteiger partial charge in [-0.1, -0.05) is 48.5 Å². The number of carboxylic acid groups (broad SMARTS) is 1. The van der Waals surface area contributed by atoms with Crippen LogP contribution in [0, 0.1) is 11.9 Å². The van der Waals surface area contributed by atoms with Crippen molar-refractivity contribution < 1.29 is 27.4 Å². The number of ether oxygens (including phenoxy) is 1. The first-order chi connectivity index (χ1) is 20.2. The quantitative estimate of drug-likeness (QED) is 0.181. The Morgan fingerprint density at radius 2 is 1.76 bits per heavy atom. The first-order valence-corrected chi connectivity index (χ1v) is 15.9. The van der Waals surface area contributed by atoms with Gasteiger partial charge in [0.25, 0.3) is 0 Å². The zero-order valence-corrected chi connectivity index (χ0v) is 24.0. The molecular formula is C33H31FN2O5S. The number of carbonyl (C=O) groups is 1. The van der Waals surface area contributed by atoms with Crippen molar-refractivity contribution in [3.8, 4) is 0 Å². The maximum absolute atomic E-state index is 15.4. The van der Waals surface area contributed by atoms with Crippen LogP contribution in [0.25, 0.3) is 28.1 Å². The van der Waals surface area contributed by atoms with Crippen molar-refractivity contribution in [2.24, 2.45) is 5.92 Å². The van der Waals surface area contributed by atoms with E-state index in [0.717, 1.165) is 60.5 Å². The second-order valence-corrected chi connectivity index (χ2v) is 12.9. The third-order valence-corrected chi connectivity index (χ3v) is 8.98. The van der Waals surface area contributed by atoms with E-state index in [2.05, 4.69) is 5.10 Å². The van der Waals surface area contributed by atoms with Crippen LogP contribution in [0.1, 0.15) is 60.6 Å². The van der Waals surface area contributed by atoms with Gasteiger partial charge in [-0.2, -0.15) is 4.39 Å². The van der Waals surface area contributed by atoms with Crippen LogP contribution in [0.15, 0.2) is 77.7 Å². The fraction of sp³-hybridized carbons (Fsp3) is 0.273. The average molecular weight is 587 g/mol.